The molecule has 0 saturated carbocycles. The Labute approximate surface area is 124 Å². The summed E-state index contributed by atoms with van der Waals surface area (Å²) in [6.07, 6.45) is 0.700. The molecule has 0 aliphatic heterocycles. The van der Waals surface area contributed by atoms with Crippen molar-refractivity contribution >= 4 is 38.8 Å². The van der Waals surface area contributed by atoms with Crippen LogP contribution in [0, 0.1) is 6.92 Å². The molecule has 1 aromatic heterocycles. The van der Waals surface area contributed by atoms with E-state index in [-0.39, 0.29) is 0 Å². The maximum absolute atomic E-state index is 5.60. The number of hydrogen-bond acceptors (Lipinski definition) is 5. The van der Waals surface area contributed by atoms with E-state index in [2.05, 4.69) is 31.4 Å². The van der Waals surface area contributed by atoms with E-state index in [1.165, 1.54) is 0 Å². The normalized spacial score (nSPS) is 10.4. The first-order valence-electron chi connectivity index (χ1n) is 5.68. The number of aryl methyl sites for hydroxylation is 1. The third-order valence-corrected chi connectivity index (χ3v) is 3.36. The lowest BCUT2D eigenvalue weighted by Gasteiger charge is -2.08. The molecule has 0 bridgehead atoms. The van der Waals surface area contributed by atoms with E-state index < -0.39 is 0 Å². The number of nitrogens with one attached hydrogen (secondary N) is 1. The highest BCUT2D eigenvalue weighted by atomic mass is 79.9. The summed E-state index contributed by atoms with van der Waals surface area (Å²) in [6, 6.07) is 5.75. The number of aromatic nitrogens is 2. The summed E-state index contributed by atoms with van der Waals surface area (Å²) in [5.41, 5.74) is 7.40. The van der Waals surface area contributed by atoms with Crippen molar-refractivity contribution in [2.24, 2.45) is 5.73 Å². The van der Waals surface area contributed by atoms with Crippen molar-refractivity contribution in [1.29, 1.82) is 0 Å². The molecule has 0 fully saturated rings. The van der Waals surface area contributed by atoms with Crippen LogP contribution < -0.4 is 11.1 Å². The SMILES string of the molecule is Cc1nc(CCNc2ccc(C(N)=S)c(Br)c2)no1. The molecule has 1 aromatic carbocycles. The predicted octanol–water partition coefficient (Wildman–Crippen LogP) is 2.43. The van der Waals surface area contributed by atoms with E-state index in [1.54, 1.807) is 6.92 Å². The van der Waals surface area contributed by atoms with Crippen molar-refractivity contribution in [2.75, 3.05) is 11.9 Å². The lowest BCUT2D eigenvalue weighted by atomic mass is 10.2. The first kappa shape index (κ1) is 14.0. The maximum Gasteiger partial charge on any atom is 0.223 e. The minimum atomic E-state index is 0.376. The van der Waals surface area contributed by atoms with Gasteiger partial charge < -0.3 is 15.6 Å². The van der Waals surface area contributed by atoms with Gasteiger partial charge in [-0.1, -0.05) is 17.4 Å². The molecule has 2 rings (SSSR count). The predicted molar refractivity (Wildman–Crippen MR) is 81.3 cm³/mol. The van der Waals surface area contributed by atoms with Crippen molar-refractivity contribution in [1.82, 2.24) is 10.1 Å². The summed E-state index contributed by atoms with van der Waals surface area (Å²) in [5.74, 6) is 1.28. The fourth-order valence-corrected chi connectivity index (χ4v) is 2.49. The average Bonchev–Trinajstić information content (AvgIpc) is 2.75. The number of rotatable bonds is 5. The summed E-state index contributed by atoms with van der Waals surface area (Å²) in [5, 5.41) is 7.11. The van der Waals surface area contributed by atoms with Gasteiger partial charge in [0.1, 0.15) is 4.99 Å². The number of hydrogen-bond donors (Lipinski definition) is 2. The standard InChI is InChI=1S/C12H13BrN4OS/c1-7-16-11(17-18-7)4-5-15-8-2-3-9(12(14)19)10(13)6-8/h2-3,6,15H,4-5H2,1H3,(H2,14,19). The molecule has 1 heterocycles. The van der Waals surface area contributed by atoms with Crippen LogP contribution in [0.3, 0.4) is 0 Å². The fraction of sp³-hybridized carbons (Fsp3) is 0.250. The van der Waals surface area contributed by atoms with Gasteiger partial charge in [0.2, 0.25) is 5.89 Å². The van der Waals surface area contributed by atoms with Crippen LogP contribution in [0.15, 0.2) is 27.2 Å². The summed E-state index contributed by atoms with van der Waals surface area (Å²) in [6.45, 7) is 2.49. The van der Waals surface area contributed by atoms with Gasteiger partial charge in [0, 0.05) is 35.6 Å². The fourth-order valence-electron chi connectivity index (χ4n) is 1.59. The second-order valence-electron chi connectivity index (χ2n) is 3.97. The summed E-state index contributed by atoms with van der Waals surface area (Å²) in [4.78, 5) is 4.51. The van der Waals surface area contributed by atoms with E-state index in [1.807, 2.05) is 18.2 Å². The Morgan fingerprint density at radius 2 is 2.32 bits per heavy atom. The highest BCUT2D eigenvalue weighted by molar-refractivity contribution is 9.10. The molecule has 100 valence electrons. The molecular weight excluding hydrogens is 328 g/mol. The van der Waals surface area contributed by atoms with Gasteiger partial charge in [-0.2, -0.15) is 4.98 Å². The summed E-state index contributed by atoms with van der Waals surface area (Å²) in [7, 11) is 0. The van der Waals surface area contributed by atoms with Gasteiger partial charge in [0.05, 0.1) is 0 Å². The van der Waals surface area contributed by atoms with Crippen LogP contribution in [0.2, 0.25) is 0 Å². The van der Waals surface area contributed by atoms with Gasteiger partial charge >= 0.3 is 0 Å². The van der Waals surface area contributed by atoms with Crippen LogP contribution in [0.5, 0.6) is 0 Å². The van der Waals surface area contributed by atoms with Crippen molar-refractivity contribution in [3.05, 3.63) is 40.0 Å². The number of nitrogens with two attached hydrogens (primary N) is 1. The highest BCUT2D eigenvalue weighted by Crippen LogP contribution is 2.21. The largest absolute Gasteiger partial charge is 0.389 e. The van der Waals surface area contributed by atoms with E-state index in [9.17, 15) is 0 Å². The minimum Gasteiger partial charge on any atom is -0.389 e. The smallest absolute Gasteiger partial charge is 0.223 e. The molecule has 3 N–H and O–H groups in total. The molecule has 0 spiro atoms. The molecule has 5 nitrogen and oxygen atoms in total. The molecular formula is C12H13BrN4OS. The minimum absolute atomic E-state index is 0.376. The Balaban J connectivity index is 1.93. The van der Waals surface area contributed by atoms with E-state index in [0.29, 0.717) is 23.1 Å². The summed E-state index contributed by atoms with van der Waals surface area (Å²) >= 11 is 8.39. The number of halogens is 1. The zero-order valence-corrected chi connectivity index (χ0v) is 12.7. The van der Waals surface area contributed by atoms with Crippen LogP contribution in [0.25, 0.3) is 0 Å². The van der Waals surface area contributed by atoms with Crippen molar-refractivity contribution in [3.8, 4) is 0 Å². The van der Waals surface area contributed by atoms with Gasteiger partial charge in [-0.25, -0.2) is 0 Å². The van der Waals surface area contributed by atoms with Gasteiger partial charge in [0.25, 0.3) is 0 Å². The zero-order chi connectivity index (χ0) is 13.8. The lowest BCUT2D eigenvalue weighted by molar-refractivity contribution is 0.387. The Kier molecular flexibility index (Phi) is 4.49. The molecule has 2 aromatic rings. The number of benzene rings is 1. The molecule has 0 saturated heterocycles. The van der Waals surface area contributed by atoms with Gasteiger partial charge in [-0.3, -0.25) is 0 Å². The second kappa shape index (κ2) is 6.12. The molecule has 0 amide bonds. The molecule has 19 heavy (non-hydrogen) atoms. The average molecular weight is 341 g/mol. The molecule has 0 radical (unpaired) electrons. The van der Waals surface area contributed by atoms with Crippen LogP contribution in [-0.4, -0.2) is 21.7 Å². The van der Waals surface area contributed by atoms with E-state index in [0.717, 1.165) is 22.3 Å². The van der Waals surface area contributed by atoms with E-state index in [4.69, 9.17) is 22.5 Å². The zero-order valence-electron chi connectivity index (χ0n) is 10.3. The second-order valence-corrected chi connectivity index (χ2v) is 5.26. The Morgan fingerprint density at radius 1 is 1.53 bits per heavy atom. The Hall–Kier alpha value is -1.47. The molecule has 0 atom stereocenters. The number of nitrogens with zero attached hydrogens (tertiary/aromatic N) is 2. The molecule has 7 heteroatoms. The summed E-state index contributed by atoms with van der Waals surface area (Å²) < 4.78 is 5.78. The topological polar surface area (TPSA) is 77.0 Å². The maximum atomic E-state index is 5.60. The van der Waals surface area contributed by atoms with Crippen molar-refractivity contribution in [3.63, 3.8) is 0 Å². The first-order chi connectivity index (χ1) is 9.06. The third kappa shape index (κ3) is 3.74. The van der Waals surface area contributed by atoms with Crippen LogP contribution >= 0.6 is 28.1 Å². The monoisotopic (exact) mass is 340 g/mol. The van der Waals surface area contributed by atoms with E-state index >= 15 is 0 Å². The van der Waals surface area contributed by atoms with Gasteiger partial charge in [-0.15, -0.1) is 0 Å². The van der Waals surface area contributed by atoms with Crippen LogP contribution in [0.4, 0.5) is 5.69 Å². The quantitative estimate of drug-likeness (QED) is 0.814. The third-order valence-electron chi connectivity index (χ3n) is 2.48. The first-order valence-corrected chi connectivity index (χ1v) is 6.89. The van der Waals surface area contributed by atoms with Crippen LogP contribution in [-0.2, 0) is 6.42 Å². The molecule has 0 unspecified atom stereocenters. The Morgan fingerprint density at radius 3 is 2.89 bits per heavy atom. The van der Waals surface area contributed by atoms with Gasteiger partial charge in [-0.05, 0) is 34.1 Å². The number of thiocarbonyl (C=S) groups is 1. The van der Waals surface area contributed by atoms with Crippen molar-refractivity contribution in [2.45, 2.75) is 13.3 Å². The highest BCUT2D eigenvalue weighted by Gasteiger charge is 2.05. The van der Waals surface area contributed by atoms with Crippen LogP contribution in [0.1, 0.15) is 17.3 Å². The Bertz CT molecular complexity index is 599. The van der Waals surface area contributed by atoms with Gasteiger partial charge in [0.15, 0.2) is 5.82 Å². The molecule has 0 aliphatic carbocycles. The number of anilines is 1. The molecule has 0 aliphatic rings. The van der Waals surface area contributed by atoms with Crippen molar-refractivity contribution < 1.29 is 4.52 Å². The lowest BCUT2D eigenvalue weighted by Crippen LogP contribution is -2.11.